The van der Waals surface area contributed by atoms with Gasteiger partial charge in [0.1, 0.15) is 12.2 Å². The van der Waals surface area contributed by atoms with E-state index < -0.39 is 0 Å². The zero-order valence-electron chi connectivity index (χ0n) is 15.1. The van der Waals surface area contributed by atoms with Gasteiger partial charge in [-0.05, 0) is 29.2 Å². The normalized spacial score (nSPS) is 10.8. The van der Waals surface area contributed by atoms with Crippen LogP contribution in [0.2, 0.25) is 0 Å². The zero-order chi connectivity index (χ0) is 18.6. The molecule has 0 saturated carbocycles. The molecule has 5 nitrogen and oxygen atoms in total. The number of hydrogen-bond donors (Lipinski definition) is 0. The molecule has 5 heteroatoms. The lowest BCUT2D eigenvalue weighted by Gasteiger charge is -2.08. The van der Waals surface area contributed by atoms with E-state index in [1.807, 2.05) is 35.0 Å². The van der Waals surface area contributed by atoms with Crippen LogP contribution >= 0.6 is 0 Å². The van der Waals surface area contributed by atoms with Gasteiger partial charge in [0.2, 0.25) is 0 Å². The predicted octanol–water partition coefficient (Wildman–Crippen LogP) is 4.21. The van der Waals surface area contributed by atoms with Gasteiger partial charge in [-0.15, -0.1) is 0 Å². The van der Waals surface area contributed by atoms with Crippen molar-refractivity contribution >= 4 is 5.65 Å². The Bertz CT molecular complexity index is 1120. The van der Waals surface area contributed by atoms with Crippen molar-refractivity contribution in [2.45, 2.75) is 26.2 Å². The standard InChI is InChI=1S/C22H19N5/c1-2-5-21-24-14-19(22-25-15-26-27(21)22)12-16-8-10-17(11-9-16)20-7-4-3-6-18(20)13-23/h3-4,6-11,14-15H,2,5,12H2,1H3. The summed E-state index contributed by atoms with van der Waals surface area (Å²) in [4.78, 5) is 9.00. The van der Waals surface area contributed by atoms with E-state index in [0.29, 0.717) is 5.56 Å². The Morgan fingerprint density at radius 1 is 1.04 bits per heavy atom. The molecule has 132 valence electrons. The first-order valence-corrected chi connectivity index (χ1v) is 9.05. The van der Waals surface area contributed by atoms with Crippen molar-refractivity contribution in [1.82, 2.24) is 19.6 Å². The molecule has 0 aliphatic carbocycles. The summed E-state index contributed by atoms with van der Waals surface area (Å²) in [7, 11) is 0. The van der Waals surface area contributed by atoms with E-state index in [0.717, 1.165) is 47.4 Å². The fourth-order valence-corrected chi connectivity index (χ4v) is 3.29. The van der Waals surface area contributed by atoms with Crippen LogP contribution < -0.4 is 0 Å². The fourth-order valence-electron chi connectivity index (χ4n) is 3.29. The number of aromatic nitrogens is 4. The second-order valence-electron chi connectivity index (χ2n) is 6.48. The number of nitriles is 1. The summed E-state index contributed by atoms with van der Waals surface area (Å²) < 4.78 is 1.84. The molecular formula is C22H19N5. The maximum atomic E-state index is 9.30. The van der Waals surface area contributed by atoms with E-state index in [1.54, 1.807) is 6.33 Å². The molecular weight excluding hydrogens is 334 g/mol. The van der Waals surface area contributed by atoms with Crippen LogP contribution in [0.25, 0.3) is 16.8 Å². The third kappa shape index (κ3) is 3.30. The molecule has 0 fully saturated rings. The van der Waals surface area contributed by atoms with Crippen LogP contribution in [0.15, 0.2) is 61.1 Å². The lowest BCUT2D eigenvalue weighted by molar-refractivity contribution is 0.756. The Morgan fingerprint density at radius 3 is 2.63 bits per heavy atom. The monoisotopic (exact) mass is 353 g/mol. The van der Waals surface area contributed by atoms with Crippen LogP contribution in [-0.2, 0) is 12.8 Å². The van der Waals surface area contributed by atoms with Crippen molar-refractivity contribution in [1.29, 1.82) is 5.26 Å². The molecule has 0 radical (unpaired) electrons. The number of hydrogen-bond acceptors (Lipinski definition) is 4. The molecule has 2 aromatic carbocycles. The number of nitrogens with zero attached hydrogens (tertiary/aromatic N) is 5. The maximum Gasteiger partial charge on any atom is 0.162 e. The first kappa shape index (κ1) is 16.9. The lowest BCUT2D eigenvalue weighted by atomic mass is 9.98. The van der Waals surface area contributed by atoms with Crippen molar-refractivity contribution in [3.63, 3.8) is 0 Å². The largest absolute Gasteiger partial charge is 0.241 e. The minimum absolute atomic E-state index is 0.686. The number of benzene rings is 2. The van der Waals surface area contributed by atoms with E-state index in [9.17, 15) is 5.26 Å². The van der Waals surface area contributed by atoms with Gasteiger partial charge in [-0.1, -0.05) is 49.4 Å². The minimum atomic E-state index is 0.686. The number of fused-ring (bicyclic) bond motifs is 1. The van der Waals surface area contributed by atoms with Gasteiger partial charge in [-0.3, -0.25) is 0 Å². The second kappa shape index (κ2) is 7.38. The predicted molar refractivity (Wildman–Crippen MR) is 104 cm³/mol. The number of aryl methyl sites for hydroxylation is 1. The van der Waals surface area contributed by atoms with Crippen LogP contribution in [0, 0.1) is 11.3 Å². The highest BCUT2D eigenvalue weighted by molar-refractivity contribution is 5.70. The fraction of sp³-hybridized carbons (Fsp3) is 0.182. The third-order valence-electron chi connectivity index (χ3n) is 4.63. The van der Waals surface area contributed by atoms with Gasteiger partial charge in [0.25, 0.3) is 0 Å². The highest BCUT2D eigenvalue weighted by atomic mass is 15.3. The summed E-state index contributed by atoms with van der Waals surface area (Å²) in [6.07, 6.45) is 6.14. The third-order valence-corrected chi connectivity index (χ3v) is 4.63. The highest BCUT2D eigenvalue weighted by Crippen LogP contribution is 2.24. The Morgan fingerprint density at radius 2 is 1.85 bits per heavy atom. The van der Waals surface area contributed by atoms with Crippen LogP contribution in [0.5, 0.6) is 0 Å². The molecule has 0 aliphatic rings. The summed E-state index contributed by atoms with van der Waals surface area (Å²) in [6.45, 7) is 2.13. The molecule has 0 amide bonds. The first-order valence-electron chi connectivity index (χ1n) is 9.05. The summed E-state index contributed by atoms with van der Waals surface area (Å²) in [5.74, 6) is 0.942. The topological polar surface area (TPSA) is 66.9 Å². The first-order chi connectivity index (χ1) is 13.3. The van der Waals surface area contributed by atoms with Crippen molar-refractivity contribution in [2.75, 3.05) is 0 Å². The van der Waals surface area contributed by atoms with E-state index in [-0.39, 0.29) is 0 Å². The van der Waals surface area contributed by atoms with Gasteiger partial charge < -0.3 is 0 Å². The van der Waals surface area contributed by atoms with E-state index in [4.69, 9.17) is 0 Å². The molecule has 0 aliphatic heterocycles. The molecule has 0 unspecified atom stereocenters. The van der Waals surface area contributed by atoms with E-state index in [1.165, 1.54) is 5.56 Å². The average Bonchev–Trinajstić information content (AvgIpc) is 3.21. The molecule has 4 aromatic rings. The number of rotatable bonds is 5. The molecule has 4 rings (SSSR count). The van der Waals surface area contributed by atoms with Gasteiger partial charge in [0.15, 0.2) is 5.65 Å². The summed E-state index contributed by atoms with van der Waals surface area (Å²) in [5.41, 5.74) is 5.77. The molecule has 0 N–H and O–H groups in total. The van der Waals surface area contributed by atoms with Crippen molar-refractivity contribution in [3.05, 3.63) is 83.6 Å². The molecule has 0 saturated heterocycles. The summed E-state index contributed by atoms with van der Waals surface area (Å²) >= 11 is 0. The molecule has 2 aromatic heterocycles. The van der Waals surface area contributed by atoms with E-state index in [2.05, 4.69) is 52.3 Å². The maximum absolute atomic E-state index is 9.30. The van der Waals surface area contributed by atoms with Crippen molar-refractivity contribution in [3.8, 4) is 17.2 Å². The van der Waals surface area contributed by atoms with Crippen LogP contribution in [-0.4, -0.2) is 19.6 Å². The van der Waals surface area contributed by atoms with Gasteiger partial charge in [0.05, 0.1) is 11.6 Å². The Kier molecular flexibility index (Phi) is 4.63. The lowest BCUT2D eigenvalue weighted by Crippen LogP contribution is -2.05. The van der Waals surface area contributed by atoms with Crippen molar-refractivity contribution < 1.29 is 0 Å². The zero-order valence-corrected chi connectivity index (χ0v) is 15.1. The smallest absolute Gasteiger partial charge is 0.162 e. The van der Waals surface area contributed by atoms with Crippen LogP contribution in [0.1, 0.15) is 35.9 Å². The van der Waals surface area contributed by atoms with E-state index >= 15 is 0 Å². The molecule has 0 bridgehead atoms. The van der Waals surface area contributed by atoms with Crippen LogP contribution in [0.4, 0.5) is 0 Å². The minimum Gasteiger partial charge on any atom is -0.241 e. The SMILES string of the molecule is CCCc1ncc(Cc2ccc(-c3ccccc3C#N)cc2)c2ncnn12. The Labute approximate surface area is 158 Å². The van der Waals surface area contributed by atoms with Crippen molar-refractivity contribution in [2.24, 2.45) is 0 Å². The molecule has 27 heavy (non-hydrogen) atoms. The highest BCUT2D eigenvalue weighted by Gasteiger charge is 2.10. The quantitative estimate of drug-likeness (QED) is 0.539. The molecule has 0 atom stereocenters. The molecule has 2 heterocycles. The molecule has 0 spiro atoms. The van der Waals surface area contributed by atoms with Gasteiger partial charge in [0, 0.05) is 24.6 Å². The van der Waals surface area contributed by atoms with Gasteiger partial charge in [-0.2, -0.15) is 14.9 Å². The second-order valence-corrected chi connectivity index (χ2v) is 6.48. The summed E-state index contributed by atoms with van der Waals surface area (Å²) in [6, 6.07) is 18.2. The summed E-state index contributed by atoms with van der Waals surface area (Å²) in [5, 5.41) is 13.6. The van der Waals surface area contributed by atoms with Gasteiger partial charge in [-0.25, -0.2) is 9.97 Å². The van der Waals surface area contributed by atoms with Gasteiger partial charge >= 0.3 is 0 Å². The average molecular weight is 353 g/mol. The Hall–Kier alpha value is -3.52. The Balaban J connectivity index is 1.63. The van der Waals surface area contributed by atoms with Crippen LogP contribution in [0.3, 0.4) is 0 Å².